The molecule has 150 valence electrons. The van der Waals surface area contributed by atoms with E-state index in [1.807, 2.05) is 35.2 Å². The zero-order chi connectivity index (χ0) is 20.2. The fourth-order valence-corrected chi connectivity index (χ4v) is 3.98. The largest absolute Gasteiger partial charge is 0.339 e. The number of rotatable bonds is 5. The summed E-state index contributed by atoms with van der Waals surface area (Å²) >= 11 is 0. The van der Waals surface area contributed by atoms with Crippen molar-refractivity contribution < 1.29 is 9.18 Å². The van der Waals surface area contributed by atoms with Crippen LogP contribution in [-0.4, -0.2) is 42.0 Å². The van der Waals surface area contributed by atoms with Crippen LogP contribution in [0.1, 0.15) is 30.1 Å². The minimum atomic E-state index is -0.286. The maximum absolute atomic E-state index is 13.4. The van der Waals surface area contributed by atoms with Crippen molar-refractivity contribution in [3.05, 3.63) is 66.0 Å². The molecule has 4 nitrogen and oxygen atoms in total. The molecule has 1 aliphatic heterocycles. The number of nitrogens with one attached hydrogen (secondary N) is 1. The first-order valence-electron chi connectivity index (χ1n) is 10.3. The average molecular weight is 391 g/mol. The number of para-hydroxylation sites is 1. The van der Waals surface area contributed by atoms with Gasteiger partial charge in [-0.1, -0.05) is 25.1 Å². The van der Waals surface area contributed by atoms with Crippen LogP contribution in [0.15, 0.2) is 54.6 Å². The molecule has 0 atom stereocenters. The van der Waals surface area contributed by atoms with Crippen molar-refractivity contribution in [1.29, 1.82) is 0 Å². The molecule has 3 aromatic rings. The lowest BCUT2D eigenvalue weighted by molar-refractivity contribution is 0.0692. The fraction of sp³-hybridized carbons (Fsp3) is 0.333. The summed E-state index contributed by atoms with van der Waals surface area (Å²) in [6, 6.07) is 15.8. The van der Waals surface area contributed by atoms with Crippen molar-refractivity contribution in [2.45, 2.75) is 19.8 Å². The third-order valence-corrected chi connectivity index (χ3v) is 5.67. The van der Waals surface area contributed by atoms with Gasteiger partial charge in [0, 0.05) is 24.0 Å². The van der Waals surface area contributed by atoms with Crippen molar-refractivity contribution in [1.82, 2.24) is 15.2 Å². The van der Waals surface area contributed by atoms with Gasteiger partial charge in [0.25, 0.3) is 5.91 Å². The lowest BCUT2D eigenvalue weighted by Gasteiger charge is -2.32. The van der Waals surface area contributed by atoms with Gasteiger partial charge in [-0.25, -0.2) is 9.37 Å². The summed E-state index contributed by atoms with van der Waals surface area (Å²) in [5.41, 5.74) is 2.93. The van der Waals surface area contributed by atoms with Gasteiger partial charge in [0.2, 0.25) is 0 Å². The number of pyridine rings is 1. The molecular formula is C24H26FN3O. The maximum Gasteiger partial charge on any atom is 0.254 e. The smallest absolute Gasteiger partial charge is 0.254 e. The van der Waals surface area contributed by atoms with Crippen LogP contribution in [0.4, 0.5) is 4.39 Å². The normalized spacial score (nSPS) is 15.0. The Morgan fingerprint density at radius 3 is 2.59 bits per heavy atom. The van der Waals surface area contributed by atoms with Crippen LogP contribution in [0.5, 0.6) is 0 Å². The van der Waals surface area contributed by atoms with Crippen LogP contribution in [0.25, 0.3) is 22.2 Å². The molecule has 0 spiro atoms. The monoisotopic (exact) mass is 391 g/mol. The standard InChI is InChI=1S/C24H26FN3O/c1-2-26-16-17-11-13-28(14-12-17)24(29)21-15-23(18-7-9-19(25)10-8-18)27-22-6-4-3-5-20(21)22/h3-10,15,17,26H,2,11-14,16H2,1H3. The summed E-state index contributed by atoms with van der Waals surface area (Å²) in [5, 5.41) is 4.27. The lowest BCUT2D eigenvalue weighted by atomic mass is 9.95. The Balaban J connectivity index is 1.64. The van der Waals surface area contributed by atoms with Crippen LogP contribution in [-0.2, 0) is 0 Å². The molecule has 1 saturated heterocycles. The van der Waals surface area contributed by atoms with Crippen molar-refractivity contribution in [2.24, 2.45) is 5.92 Å². The molecule has 2 heterocycles. The van der Waals surface area contributed by atoms with E-state index in [9.17, 15) is 9.18 Å². The number of halogens is 1. The van der Waals surface area contributed by atoms with E-state index >= 15 is 0 Å². The first-order valence-corrected chi connectivity index (χ1v) is 10.3. The second-order valence-corrected chi connectivity index (χ2v) is 7.62. The first kappa shape index (κ1) is 19.5. The van der Waals surface area contributed by atoms with Gasteiger partial charge in [-0.2, -0.15) is 0 Å². The molecule has 0 radical (unpaired) electrons. The molecule has 1 aliphatic rings. The second kappa shape index (κ2) is 8.70. The number of amides is 1. The number of benzene rings is 2. The Hall–Kier alpha value is -2.79. The van der Waals surface area contributed by atoms with Gasteiger partial charge in [0.15, 0.2) is 0 Å². The van der Waals surface area contributed by atoms with Gasteiger partial charge in [-0.15, -0.1) is 0 Å². The predicted molar refractivity (Wildman–Crippen MR) is 114 cm³/mol. The quantitative estimate of drug-likeness (QED) is 0.696. The number of hydrogen-bond acceptors (Lipinski definition) is 3. The number of fused-ring (bicyclic) bond motifs is 1. The Labute approximate surface area is 170 Å². The number of piperidine rings is 1. The number of nitrogens with zero attached hydrogens (tertiary/aromatic N) is 2. The highest BCUT2D eigenvalue weighted by atomic mass is 19.1. The van der Waals surface area contributed by atoms with Crippen LogP contribution >= 0.6 is 0 Å². The maximum atomic E-state index is 13.4. The summed E-state index contributed by atoms with van der Waals surface area (Å²) in [7, 11) is 0. The van der Waals surface area contributed by atoms with Gasteiger partial charge in [-0.05, 0) is 68.2 Å². The molecule has 2 aromatic carbocycles. The zero-order valence-electron chi connectivity index (χ0n) is 16.7. The van der Waals surface area contributed by atoms with E-state index in [1.54, 1.807) is 12.1 Å². The van der Waals surface area contributed by atoms with Crippen molar-refractivity contribution in [2.75, 3.05) is 26.2 Å². The van der Waals surface area contributed by atoms with Crippen LogP contribution < -0.4 is 5.32 Å². The van der Waals surface area contributed by atoms with Gasteiger partial charge >= 0.3 is 0 Å². The van der Waals surface area contributed by atoms with Crippen LogP contribution in [0.3, 0.4) is 0 Å². The highest BCUT2D eigenvalue weighted by Crippen LogP contribution is 2.27. The molecule has 0 saturated carbocycles. The summed E-state index contributed by atoms with van der Waals surface area (Å²) in [5.74, 6) is 0.392. The molecule has 1 aromatic heterocycles. The minimum absolute atomic E-state index is 0.0499. The topological polar surface area (TPSA) is 45.2 Å². The van der Waals surface area contributed by atoms with Gasteiger partial charge in [0.05, 0.1) is 16.8 Å². The molecule has 1 N–H and O–H groups in total. The van der Waals surface area contributed by atoms with E-state index < -0.39 is 0 Å². The molecule has 0 aliphatic carbocycles. The van der Waals surface area contributed by atoms with Gasteiger partial charge < -0.3 is 10.2 Å². The molecule has 5 heteroatoms. The van der Waals surface area contributed by atoms with E-state index in [-0.39, 0.29) is 11.7 Å². The first-order chi connectivity index (χ1) is 14.2. The summed E-state index contributed by atoms with van der Waals surface area (Å²) in [6.07, 6.45) is 2.04. The van der Waals surface area contributed by atoms with Crippen molar-refractivity contribution in [3.63, 3.8) is 0 Å². The minimum Gasteiger partial charge on any atom is -0.339 e. The molecule has 4 rings (SSSR count). The van der Waals surface area contributed by atoms with Crippen molar-refractivity contribution in [3.8, 4) is 11.3 Å². The Morgan fingerprint density at radius 1 is 1.14 bits per heavy atom. The summed E-state index contributed by atoms with van der Waals surface area (Å²) in [4.78, 5) is 20.1. The molecular weight excluding hydrogens is 365 g/mol. The fourth-order valence-electron chi connectivity index (χ4n) is 3.98. The van der Waals surface area contributed by atoms with E-state index in [0.29, 0.717) is 17.2 Å². The average Bonchev–Trinajstić information content (AvgIpc) is 2.77. The predicted octanol–water partition coefficient (Wildman–Crippen LogP) is 4.50. The molecule has 1 fully saturated rings. The third-order valence-electron chi connectivity index (χ3n) is 5.67. The van der Waals surface area contributed by atoms with E-state index in [0.717, 1.165) is 55.5 Å². The lowest BCUT2D eigenvalue weighted by Crippen LogP contribution is -2.40. The van der Waals surface area contributed by atoms with Gasteiger partial charge in [-0.3, -0.25) is 4.79 Å². The SMILES string of the molecule is CCNCC1CCN(C(=O)c2cc(-c3ccc(F)cc3)nc3ccccc23)CC1. The second-order valence-electron chi connectivity index (χ2n) is 7.62. The number of carbonyl (C=O) groups excluding carboxylic acids is 1. The Bertz CT molecular complexity index is 995. The summed E-state index contributed by atoms with van der Waals surface area (Å²) < 4.78 is 13.3. The number of hydrogen-bond donors (Lipinski definition) is 1. The van der Waals surface area contributed by atoms with Crippen LogP contribution in [0, 0.1) is 11.7 Å². The highest BCUT2D eigenvalue weighted by molar-refractivity contribution is 6.07. The molecule has 0 unspecified atom stereocenters. The third kappa shape index (κ3) is 4.30. The summed E-state index contributed by atoms with van der Waals surface area (Å²) in [6.45, 7) is 5.67. The zero-order valence-corrected chi connectivity index (χ0v) is 16.7. The van der Waals surface area contributed by atoms with Gasteiger partial charge in [0.1, 0.15) is 5.82 Å². The molecule has 0 bridgehead atoms. The highest BCUT2D eigenvalue weighted by Gasteiger charge is 2.25. The van der Waals surface area contributed by atoms with E-state index in [1.165, 1.54) is 12.1 Å². The van der Waals surface area contributed by atoms with Crippen LogP contribution in [0.2, 0.25) is 0 Å². The Kier molecular flexibility index (Phi) is 5.86. The molecule has 29 heavy (non-hydrogen) atoms. The van der Waals surface area contributed by atoms with E-state index in [2.05, 4.69) is 12.2 Å². The van der Waals surface area contributed by atoms with Crippen molar-refractivity contribution >= 4 is 16.8 Å². The number of aromatic nitrogens is 1. The Morgan fingerprint density at radius 2 is 1.86 bits per heavy atom. The number of carbonyl (C=O) groups is 1. The molecule has 1 amide bonds. The van der Waals surface area contributed by atoms with E-state index in [4.69, 9.17) is 4.98 Å². The number of likely N-dealkylation sites (tertiary alicyclic amines) is 1.